The summed E-state index contributed by atoms with van der Waals surface area (Å²) in [5, 5.41) is 5.56. The number of nitrogens with zero attached hydrogens (tertiary/aromatic N) is 1. The van der Waals surface area contributed by atoms with Gasteiger partial charge in [-0.25, -0.2) is 0 Å². The zero-order valence-corrected chi connectivity index (χ0v) is 9.80. The largest absolute Gasteiger partial charge is 0.347 e. The van der Waals surface area contributed by atoms with Crippen molar-refractivity contribution >= 4 is 11.8 Å². The van der Waals surface area contributed by atoms with Gasteiger partial charge in [-0.2, -0.15) is 0 Å². The summed E-state index contributed by atoms with van der Waals surface area (Å²) >= 11 is 0. The van der Waals surface area contributed by atoms with Gasteiger partial charge in [-0.05, 0) is 26.9 Å². The minimum Gasteiger partial charge on any atom is -0.347 e. The summed E-state index contributed by atoms with van der Waals surface area (Å²) in [6.07, 6.45) is 1.25. The molecule has 0 aromatic carbocycles. The first-order valence-corrected chi connectivity index (χ1v) is 5.27. The third kappa shape index (κ3) is 6.90. The highest BCUT2D eigenvalue weighted by molar-refractivity contribution is 5.84. The topological polar surface area (TPSA) is 61.4 Å². The lowest BCUT2D eigenvalue weighted by Gasteiger charge is -2.14. The van der Waals surface area contributed by atoms with E-state index in [2.05, 4.69) is 10.6 Å². The number of nitrogens with one attached hydrogen (secondary N) is 2. The van der Waals surface area contributed by atoms with Crippen molar-refractivity contribution in [2.24, 2.45) is 0 Å². The van der Waals surface area contributed by atoms with Gasteiger partial charge in [0.2, 0.25) is 11.8 Å². The second-order valence-electron chi connectivity index (χ2n) is 3.39. The van der Waals surface area contributed by atoms with E-state index in [4.69, 9.17) is 0 Å². The molecule has 2 N–H and O–H groups in total. The Hall–Kier alpha value is -1.10. The van der Waals surface area contributed by atoms with Crippen molar-refractivity contribution in [2.45, 2.75) is 19.8 Å². The van der Waals surface area contributed by atoms with E-state index in [0.717, 1.165) is 13.0 Å². The van der Waals surface area contributed by atoms with Crippen LogP contribution >= 0.6 is 0 Å². The quantitative estimate of drug-likeness (QED) is 0.567. The zero-order valence-electron chi connectivity index (χ0n) is 9.80. The number of carbonyl (C=O) groups is 2. The summed E-state index contributed by atoms with van der Waals surface area (Å²) in [7, 11) is 3.56. The predicted octanol–water partition coefficient (Wildman–Crippen LogP) is -0.419. The molecule has 0 atom stereocenters. The van der Waals surface area contributed by atoms with Crippen LogP contribution in [0, 0.1) is 0 Å². The summed E-state index contributed by atoms with van der Waals surface area (Å²) in [5.41, 5.74) is 0. The summed E-state index contributed by atoms with van der Waals surface area (Å²) in [5.74, 6) is -0.123. The maximum atomic E-state index is 11.3. The predicted molar refractivity (Wildman–Crippen MR) is 59.5 cm³/mol. The molecule has 0 aromatic heterocycles. The van der Waals surface area contributed by atoms with Gasteiger partial charge in [-0.1, -0.05) is 0 Å². The van der Waals surface area contributed by atoms with E-state index in [1.54, 1.807) is 11.9 Å². The molecule has 5 nitrogen and oxygen atoms in total. The maximum absolute atomic E-state index is 11.3. The average Bonchev–Trinajstić information content (AvgIpc) is 2.25. The van der Waals surface area contributed by atoms with Gasteiger partial charge in [0.25, 0.3) is 0 Å². The summed E-state index contributed by atoms with van der Waals surface area (Å²) in [6, 6.07) is 0. The Bertz CT molecular complexity index is 207. The van der Waals surface area contributed by atoms with Crippen molar-refractivity contribution in [1.82, 2.24) is 15.5 Å². The van der Waals surface area contributed by atoms with Crippen LogP contribution in [0.15, 0.2) is 0 Å². The lowest BCUT2D eigenvalue weighted by molar-refractivity contribution is -0.131. The van der Waals surface area contributed by atoms with Crippen LogP contribution in [-0.2, 0) is 9.59 Å². The van der Waals surface area contributed by atoms with Crippen LogP contribution in [0.1, 0.15) is 19.8 Å². The fourth-order valence-electron chi connectivity index (χ4n) is 1.000. The molecule has 0 heterocycles. The molecule has 0 aliphatic carbocycles. The van der Waals surface area contributed by atoms with Crippen molar-refractivity contribution in [1.29, 1.82) is 0 Å². The monoisotopic (exact) mass is 215 g/mol. The van der Waals surface area contributed by atoms with E-state index in [-0.39, 0.29) is 18.4 Å². The van der Waals surface area contributed by atoms with Crippen LogP contribution in [0.5, 0.6) is 0 Å². The van der Waals surface area contributed by atoms with E-state index >= 15 is 0 Å². The van der Waals surface area contributed by atoms with Crippen molar-refractivity contribution in [3.05, 3.63) is 0 Å². The summed E-state index contributed by atoms with van der Waals surface area (Å²) in [4.78, 5) is 24.1. The standard InChI is InChI=1S/C10H21N3O2/c1-4-13(3)10(15)8-12-9(14)6-5-7-11-2/h11H,4-8H2,1-3H3,(H,12,14). The van der Waals surface area contributed by atoms with Gasteiger partial charge in [0.05, 0.1) is 6.54 Å². The van der Waals surface area contributed by atoms with Crippen LogP contribution in [-0.4, -0.2) is 50.4 Å². The van der Waals surface area contributed by atoms with Crippen LogP contribution in [0.25, 0.3) is 0 Å². The second kappa shape index (κ2) is 8.23. The number of carbonyl (C=O) groups excluding carboxylic acids is 2. The molecule has 15 heavy (non-hydrogen) atoms. The molecule has 5 heteroatoms. The number of hydrogen-bond acceptors (Lipinski definition) is 3. The van der Waals surface area contributed by atoms with Gasteiger partial charge in [0.15, 0.2) is 0 Å². The molecule has 0 unspecified atom stereocenters. The van der Waals surface area contributed by atoms with Crippen molar-refractivity contribution < 1.29 is 9.59 Å². The summed E-state index contributed by atoms with van der Waals surface area (Å²) < 4.78 is 0. The first kappa shape index (κ1) is 13.9. The highest BCUT2D eigenvalue weighted by Gasteiger charge is 2.07. The molecule has 0 saturated carbocycles. The Morgan fingerprint density at radius 1 is 1.33 bits per heavy atom. The van der Waals surface area contributed by atoms with Crippen molar-refractivity contribution in [3.63, 3.8) is 0 Å². The summed E-state index contributed by atoms with van der Waals surface area (Å²) in [6.45, 7) is 3.47. The Morgan fingerprint density at radius 3 is 2.53 bits per heavy atom. The van der Waals surface area contributed by atoms with Gasteiger partial charge in [-0.3, -0.25) is 9.59 Å². The van der Waals surface area contributed by atoms with E-state index < -0.39 is 0 Å². The number of rotatable bonds is 7. The fraction of sp³-hybridized carbons (Fsp3) is 0.800. The number of likely N-dealkylation sites (N-methyl/N-ethyl adjacent to an activating group) is 1. The second-order valence-corrected chi connectivity index (χ2v) is 3.39. The third-order valence-electron chi connectivity index (χ3n) is 2.17. The Kier molecular flexibility index (Phi) is 7.62. The average molecular weight is 215 g/mol. The van der Waals surface area contributed by atoms with E-state index in [9.17, 15) is 9.59 Å². The Morgan fingerprint density at radius 2 is 2.00 bits per heavy atom. The minimum atomic E-state index is -0.0666. The molecule has 0 rings (SSSR count). The van der Waals surface area contributed by atoms with E-state index in [1.807, 2.05) is 14.0 Å². The molecule has 0 fully saturated rings. The zero-order chi connectivity index (χ0) is 11.7. The van der Waals surface area contributed by atoms with Crippen LogP contribution in [0.3, 0.4) is 0 Å². The lowest BCUT2D eigenvalue weighted by atomic mass is 10.3. The molecular weight excluding hydrogens is 194 g/mol. The molecule has 0 bridgehead atoms. The first-order chi connectivity index (χ1) is 7.11. The number of amides is 2. The van der Waals surface area contributed by atoms with E-state index in [0.29, 0.717) is 13.0 Å². The highest BCUT2D eigenvalue weighted by atomic mass is 16.2. The van der Waals surface area contributed by atoms with Gasteiger partial charge < -0.3 is 15.5 Å². The molecule has 0 saturated heterocycles. The SMILES string of the molecule is CCN(C)C(=O)CNC(=O)CCCNC. The van der Waals surface area contributed by atoms with Crippen molar-refractivity contribution in [2.75, 3.05) is 33.7 Å². The van der Waals surface area contributed by atoms with Crippen LogP contribution in [0.2, 0.25) is 0 Å². The van der Waals surface area contributed by atoms with Gasteiger partial charge >= 0.3 is 0 Å². The smallest absolute Gasteiger partial charge is 0.241 e. The fourth-order valence-corrected chi connectivity index (χ4v) is 1.000. The first-order valence-electron chi connectivity index (χ1n) is 5.27. The molecule has 0 aliphatic heterocycles. The third-order valence-corrected chi connectivity index (χ3v) is 2.17. The molecular formula is C10H21N3O2. The number of hydrogen-bond donors (Lipinski definition) is 2. The lowest BCUT2D eigenvalue weighted by Crippen LogP contribution is -2.38. The highest BCUT2D eigenvalue weighted by Crippen LogP contribution is 1.87. The molecule has 88 valence electrons. The molecule has 0 radical (unpaired) electrons. The molecule has 2 amide bonds. The molecule has 0 aromatic rings. The minimum absolute atomic E-state index is 0.0560. The molecule has 0 aliphatic rings. The van der Waals surface area contributed by atoms with Crippen molar-refractivity contribution in [3.8, 4) is 0 Å². The van der Waals surface area contributed by atoms with Gasteiger partial charge in [-0.15, -0.1) is 0 Å². The van der Waals surface area contributed by atoms with Gasteiger partial charge in [0.1, 0.15) is 0 Å². The molecule has 0 spiro atoms. The van der Waals surface area contributed by atoms with E-state index in [1.165, 1.54) is 0 Å². The Balaban J connectivity index is 3.57. The van der Waals surface area contributed by atoms with Gasteiger partial charge in [0, 0.05) is 20.0 Å². The normalized spacial score (nSPS) is 9.80. The Labute approximate surface area is 91.2 Å². The van der Waals surface area contributed by atoms with Crippen LogP contribution in [0.4, 0.5) is 0 Å². The van der Waals surface area contributed by atoms with Crippen LogP contribution < -0.4 is 10.6 Å². The maximum Gasteiger partial charge on any atom is 0.241 e.